The summed E-state index contributed by atoms with van der Waals surface area (Å²) in [5.74, 6) is -2.39. The Kier molecular flexibility index (Phi) is 7.87. The second kappa shape index (κ2) is 12.4. The molecule has 6 heterocycles. The number of aryl methyl sites for hydroxylation is 1. The Morgan fingerprint density at radius 2 is 1.65 bits per heavy atom. The van der Waals surface area contributed by atoms with E-state index in [0.717, 1.165) is 34.5 Å². The molecule has 0 spiro atoms. The van der Waals surface area contributed by atoms with Crippen LogP contribution < -0.4 is 5.32 Å². The topological polar surface area (TPSA) is 184 Å². The van der Waals surface area contributed by atoms with Crippen LogP contribution in [0.2, 0.25) is 0 Å². The Morgan fingerprint density at radius 1 is 0.961 bits per heavy atom. The molecule has 2 amide bonds. The van der Waals surface area contributed by atoms with Crippen molar-refractivity contribution in [2.75, 3.05) is 13.7 Å². The number of methoxy groups -OCH3 is 1. The molecule has 51 heavy (non-hydrogen) atoms. The van der Waals surface area contributed by atoms with Gasteiger partial charge in [0.2, 0.25) is 0 Å². The molecule has 0 saturated carbocycles. The molecule has 262 valence electrons. The predicted molar refractivity (Wildman–Crippen MR) is 177 cm³/mol. The molecule has 4 aromatic heterocycles. The summed E-state index contributed by atoms with van der Waals surface area (Å²) < 4.78 is 34.9. The number of carbonyl (C=O) groups is 3. The van der Waals surface area contributed by atoms with E-state index in [1.807, 2.05) is 30.5 Å². The first kappa shape index (κ1) is 32.3. The van der Waals surface area contributed by atoms with Crippen molar-refractivity contribution in [3.8, 4) is 33.9 Å². The van der Waals surface area contributed by atoms with Crippen LogP contribution in [-0.4, -0.2) is 88.1 Å². The molecule has 2 aliphatic heterocycles. The number of rotatable bonds is 6. The average Bonchev–Trinajstić information content (AvgIpc) is 3.93. The minimum atomic E-state index is -3.13. The zero-order valence-corrected chi connectivity index (χ0v) is 27.3. The molecular weight excluding hydrogens is 664 g/mol. The second-order valence-electron chi connectivity index (χ2n) is 13.2. The Balaban J connectivity index is 0.958. The number of imidazole rings is 2. The van der Waals surface area contributed by atoms with Crippen LogP contribution in [0.5, 0.6) is 0 Å². The van der Waals surface area contributed by atoms with Gasteiger partial charge in [-0.15, -0.1) is 0 Å². The van der Waals surface area contributed by atoms with E-state index in [2.05, 4.69) is 45.9 Å². The van der Waals surface area contributed by atoms with Crippen LogP contribution in [0.4, 0.5) is 18.4 Å². The van der Waals surface area contributed by atoms with Crippen molar-refractivity contribution >= 4 is 18.0 Å². The lowest BCUT2D eigenvalue weighted by atomic mass is 9.79. The Morgan fingerprint density at radius 3 is 2.37 bits per heavy atom. The number of hydrogen-bond donors (Lipinski definition) is 4. The summed E-state index contributed by atoms with van der Waals surface area (Å²) in [4.78, 5) is 62.1. The van der Waals surface area contributed by atoms with Crippen LogP contribution in [0.3, 0.4) is 0 Å². The maximum Gasteiger partial charge on any atom is 0.408 e. The van der Waals surface area contributed by atoms with Crippen LogP contribution in [0, 0.1) is 0 Å². The number of aromatic nitrogens is 7. The second-order valence-corrected chi connectivity index (χ2v) is 13.2. The van der Waals surface area contributed by atoms with Gasteiger partial charge in [-0.3, -0.25) is 9.69 Å². The van der Waals surface area contributed by atoms with E-state index in [1.54, 1.807) is 18.6 Å². The first-order chi connectivity index (χ1) is 24.6. The maximum atomic E-state index is 14.0. The fourth-order valence-electron chi connectivity index (χ4n) is 7.57. The standard InChI is InChI=1S/C35H33F2N9O5/c1-51-33(48)44-23-7-6-19-8-9-45-16-21(10-27(47)28(23)29(19)45)31-40-14-24(42-31)18-2-4-20(5-3-18)30-38-12-22(13-39-30)25-15-41-32(43-25)26-11-35(36,37)17-46(26)34(49)50/h2-5,8-9,12-15,21,23,26,28H,6-7,10-11,16-17H2,1H3,(H,40,42)(H,41,43)(H,44,48)(H,49,50)/t21-,23-,26?,28?/m0/s1. The number of alkyl carbamates (subject to hydrolysis) is 1. The number of H-pyrrole nitrogens is 2. The number of alkyl halides is 2. The van der Waals surface area contributed by atoms with Gasteiger partial charge in [0.05, 0.1) is 49.4 Å². The molecule has 1 aromatic carbocycles. The van der Waals surface area contributed by atoms with Crippen molar-refractivity contribution in [1.29, 1.82) is 0 Å². The normalized spacial score (nSPS) is 22.3. The highest BCUT2D eigenvalue weighted by molar-refractivity contribution is 5.88. The SMILES string of the molecule is COC(=O)N[C@H]1CCc2ccn3c2C1C(=O)C[C@H](c1ncc(-c2ccc(-c4ncc(-c5cnc(C6CC(F)(F)CN6C(=O)O)[nH]5)cn4)cc2)[nH]1)C3. The number of hydrogen-bond acceptors (Lipinski definition) is 8. The van der Waals surface area contributed by atoms with E-state index in [1.165, 1.54) is 13.3 Å². The highest BCUT2D eigenvalue weighted by Crippen LogP contribution is 2.41. The van der Waals surface area contributed by atoms with Crippen molar-refractivity contribution in [2.45, 2.75) is 62.1 Å². The summed E-state index contributed by atoms with van der Waals surface area (Å²) >= 11 is 0. The van der Waals surface area contributed by atoms with Crippen LogP contribution in [-0.2, 0) is 22.5 Å². The first-order valence-electron chi connectivity index (χ1n) is 16.5. The van der Waals surface area contributed by atoms with Crippen LogP contribution >= 0.6 is 0 Å². The number of amides is 2. The summed E-state index contributed by atoms with van der Waals surface area (Å²) in [6, 6.07) is 8.27. The van der Waals surface area contributed by atoms with E-state index >= 15 is 0 Å². The van der Waals surface area contributed by atoms with Gasteiger partial charge in [0, 0.05) is 66.8 Å². The lowest BCUT2D eigenvalue weighted by Gasteiger charge is -2.31. The fourth-order valence-corrected chi connectivity index (χ4v) is 7.57. The molecule has 5 aromatic rings. The minimum Gasteiger partial charge on any atom is -0.465 e. The van der Waals surface area contributed by atoms with Gasteiger partial charge >= 0.3 is 12.2 Å². The fraction of sp³-hybridized carbons (Fsp3) is 0.343. The number of carbonyl (C=O) groups excluding carboxylic acids is 2. The van der Waals surface area contributed by atoms with Gasteiger partial charge in [0.25, 0.3) is 5.92 Å². The van der Waals surface area contributed by atoms with Gasteiger partial charge in [-0.2, -0.15) is 0 Å². The minimum absolute atomic E-state index is 0.0596. The molecule has 16 heteroatoms. The van der Waals surface area contributed by atoms with Crippen molar-refractivity contribution in [3.63, 3.8) is 0 Å². The average molecular weight is 698 g/mol. The quantitative estimate of drug-likeness (QED) is 0.183. The maximum absolute atomic E-state index is 14.0. The molecule has 3 aliphatic rings. The summed E-state index contributed by atoms with van der Waals surface area (Å²) in [5, 5.41) is 12.3. The van der Waals surface area contributed by atoms with Crippen molar-refractivity contribution in [2.24, 2.45) is 0 Å². The Bertz CT molecular complexity index is 2120. The number of benzene rings is 1. The molecule has 4 N–H and O–H groups in total. The zero-order chi connectivity index (χ0) is 35.4. The van der Waals surface area contributed by atoms with Crippen LogP contribution in [0.1, 0.15) is 60.0 Å². The number of ketones is 1. The predicted octanol–water partition coefficient (Wildman–Crippen LogP) is 5.30. The van der Waals surface area contributed by atoms with Gasteiger partial charge in [-0.25, -0.2) is 38.3 Å². The third-order valence-electron chi connectivity index (χ3n) is 10.0. The molecule has 8 rings (SSSR count). The number of aromatic amines is 2. The molecule has 14 nitrogen and oxygen atoms in total. The van der Waals surface area contributed by atoms with Crippen molar-refractivity contribution < 1.29 is 33.0 Å². The largest absolute Gasteiger partial charge is 0.465 e. The molecular formula is C35H33F2N9O5. The Labute approximate surface area is 289 Å². The smallest absolute Gasteiger partial charge is 0.408 e. The first-order valence-corrected chi connectivity index (χ1v) is 16.5. The highest BCUT2D eigenvalue weighted by atomic mass is 19.3. The molecule has 1 saturated heterocycles. The van der Waals surface area contributed by atoms with Crippen LogP contribution in [0.15, 0.2) is 61.3 Å². The zero-order valence-electron chi connectivity index (χ0n) is 27.3. The molecule has 1 aliphatic carbocycles. The monoisotopic (exact) mass is 697 g/mol. The van der Waals surface area contributed by atoms with E-state index in [-0.39, 0.29) is 30.0 Å². The molecule has 0 bridgehead atoms. The Hall–Kier alpha value is -5.93. The summed E-state index contributed by atoms with van der Waals surface area (Å²) in [7, 11) is 1.32. The summed E-state index contributed by atoms with van der Waals surface area (Å²) in [5.41, 5.74) is 5.58. The third-order valence-corrected chi connectivity index (χ3v) is 10.0. The molecule has 1 fully saturated rings. The lowest BCUT2D eigenvalue weighted by Crippen LogP contribution is -2.44. The van der Waals surface area contributed by atoms with Gasteiger partial charge in [-0.05, 0) is 30.0 Å². The number of nitrogens with one attached hydrogen (secondary N) is 3. The lowest BCUT2D eigenvalue weighted by molar-refractivity contribution is -0.121. The number of carboxylic acid groups (broad SMARTS) is 1. The van der Waals surface area contributed by atoms with Gasteiger partial charge in [0.1, 0.15) is 17.4 Å². The van der Waals surface area contributed by atoms with E-state index < -0.39 is 43.0 Å². The molecule has 4 atom stereocenters. The third kappa shape index (κ3) is 5.99. The number of nitrogens with zero attached hydrogens (tertiary/aromatic N) is 6. The van der Waals surface area contributed by atoms with Gasteiger partial charge in [-0.1, -0.05) is 24.3 Å². The number of Topliss-reactive ketones (excluding diaryl/α,β-unsaturated/α-hetero) is 1. The summed E-state index contributed by atoms with van der Waals surface area (Å²) in [6.07, 6.45) is 7.48. The van der Waals surface area contributed by atoms with E-state index in [9.17, 15) is 28.3 Å². The molecule has 0 radical (unpaired) electrons. The number of ether oxygens (including phenoxy) is 1. The van der Waals surface area contributed by atoms with Crippen LogP contribution in [0.25, 0.3) is 33.9 Å². The number of halogens is 2. The van der Waals surface area contributed by atoms with Crippen molar-refractivity contribution in [1.82, 2.24) is 44.7 Å². The van der Waals surface area contributed by atoms with Gasteiger partial charge in [0.15, 0.2) is 5.82 Å². The van der Waals surface area contributed by atoms with Gasteiger partial charge < -0.3 is 29.7 Å². The van der Waals surface area contributed by atoms with E-state index in [0.29, 0.717) is 40.8 Å². The van der Waals surface area contributed by atoms with E-state index in [4.69, 9.17) is 4.74 Å². The van der Waals surface area contributed by atoms with Crippen molar-refractivity contribution in [3.05, 3.63) is 84.2 Å². The summed E-state index contributed by atoms with van der Waals surface area (Å²) in [6.45, 7) is -0.295. The highest BCUT2D eigenvalue weighted by Gasteiger charge is 2.49. The number of likely N-dealkylation sites (tertiary alicyclic amines) is 1. The molecule has 2 unspecified atom stereocenters.